The van der Waals surface area contributed by atoms with E-state index in [4.69, 9.17) is 4.52 Å². The summed E-state index contributed by atoms with van der Waals surface area (Å²) >= 11 is 0. The van der Waals surface area contributed by atoms with E-state index in [1.165, 1.54) is 0 Å². The molecule has 0 spiro atoms. The van der Waals surface area contributed by atoms with Crippen LogP contribution in [0.15, 0.2) is 9.52 Å². The van der Waals surface area contributed by atoms with Crippen LogP contribution in [0.4, 0.5) is 0 Å². The minimum Gasteiger partial charge on any atom is -0.396 e. The topological polar surface area (TPSA) is 95.6 Å². The monoisotopic (exact) mass is 495 g/mol. The molecule has 7 nitrogen and oxygen atoms in total. The fraction of sp³-hybridized carbons (Fsp3) is 0.842. The molecule has 0 saturated heterocycles. The second-order valence-electron chi connectivity index (χ2n) is 7.46. The molecule has 1 aromatic rings. The second kappa shape index (κ2) is 15.1. The van der Waals surface area contributed by atoms with Crippen molar-refractivity contribution in [2.75, 3.05) is 26.2 Å². The molecule has 0 saturated carbocycles. The zero-order valence-electron chi connectivity index (χ0n) is 17.5. The van der Waals surface area contributed by atoms with E-state index in [0.29, 0.717) is 17.7 Å². The Balaban J connectivity index is 0.00000676. The molecule has 0 amide bonds. The van der Waals surface area contributed by atoms with E-state index in [-0.39, 0.29) is 36.5 Å². The Morgan fingerprint density at radius 3 is 2.52 bits per heavy atom. The van der Waals surface area contributed by atoms with Crippen LogP contribution in [0.1, 0.15) is 71.5 Å². The molecule has 1 heterocycles. The number of guanidine groups is 1. The quantitative estimate of drug-likeness (QED) is 0.178. The summed E-state index contributed by atoms with van der Waals surface area (Å²) in [5.41, 5.74) is 0. The Morgan fingerprint density at radius 2 is 1.96 bits per heavy atom. The molecule has 0 aliphatic rings. The maximum atomic E-state index is 9.24. The molecule has 0 aliphatic carbocycles. The summed E-state index contributed by atoms with van der Waals surface area (Å²) in [6, 6.07) is 0. The zero-order valence-corrected chi connectivity index (χ0v) is 19.8. The number of aliphatic hydroxyl groups excluding tert-OH is 1. The van der Waals surface area contributed by atoms with Crippen molar-refractivity contribution in [1.82, 2.24) is 20.8 Å². The van der Waals surface area contributed by atoms with Crippen LogP contribution < -0.4 is 10.6 Å². The van der Waals surface area contributed by atoms with E-state index in [9.17, 15) is 5.11 Å². The predicted molar refractivity (Wildman–Crippen MR) is 121 cm³/mol. The molecule has 8 heteroatoms. The van der Waals surface area contributed by atoms with E-state index >= 15 is 0 Å². The van der Waals surface area contributed by atoms with Gasteiger partial charge in [-0.1, -0.05) is 32.9 Å². The number of rotatable bonds is 12. The number of nitrogens with one attached hydrogen (secondary N) is 2. The second-order valence-corrected chi connectivity index (χ2v) is 7.46. The van der Waals surface area contributed by atoms with Crippen LogP contribution >= 0.6 is 24.0 Å². The first-order chi connectivity index (χ1) is 12.5. The Morgan fingerprint density at radius 1 is 1.22 bits per heavy atom. The summed E-state index contributed by atoms with van der Waals surface area (Å²) in [6.07, 6.45) is 3.54. The zero-order chi connectivity index (χ0) is 19.4. The van der Waals surface area contributed by atoms with Gasteiger partial charge in [0.1, 0.15) is 0 Å². The molecule has 0 radical (unpaired) electrons. The van der Waals surface area contributed by atoms with Gasteiger partial charge in [0.2, 0.25) is 5.89 Å². The number of aliphatic hydroxyl groups is 1. The lowest BCUT2D eigenvalue weighted by Crippen LogP contribution is -2.38. The number of halogens is 1. The van der Waals surface area contributed by atoms with Gasteiger partial charge in [-0.25, -0.2) is 0 Å². The standard InChI is InChI=1S/C19H37N5O2.HI/c1-6-20-19(22-13-16(9-11-25)12-14(2)3)21-10-7-8-17-23-18(15(4)5)24-26-17;/h14-16,25H,6-13H2,1-5H3,(H2,20,21,22);1H. The van der Waals surface area contributed by atoms with Crippen molar-refractivity contribution in [1.29, 1.82) is 0 Å². The van der Waals surface area contributed by atoms with Crippen LogP contribution in [-0.2, 0) is 6.42 Å². The van der Waals surface area contributed by atoms with E-state index < -0.39 is 0 Å². The summed E-state index contributed by atoms with van der Waals surface area (Å²) in [6.45, 7) is 13.1. The van der Waals surface area contributed by atoms with Crippen molar-refractivity contribution in [2.45, 2.75) is 66.2 Å². The fourth-order valence-corrected chi connectivity index (χ4v) is 2.75. The number of hydrogen-bond acceptors (Lipinski definition) is 5. The van der Waals surface area contributed by atoms with Gasteiger partial charge in [-0.15, -0.1) is 24.0 Å². The summed E-state index contributed by atoms with van der Waals surface area (Å²) in [5.74, 6) is 3.61. The normalized spacial score (nSPS) is 13.0. The van der Waals surface area contributed by atoms with Crippen molar-refractivity contribution in [2.24, 2.45) is 16.8 Å². The first kappa shape index (κ1) is 26.1. The van der Waals surface area contributed by atoms with Crippen molar-refractivity contribution in [3.8, 4) is 0 Å². The highest BCUT2D eigenvalue weighted by molar-refractivity contribution is 14.0. The molecule has 1 unspecified atom stereocenters. The number of aliphatic imine (C=N–C) groups is 1. The summed E-state index contributed by atoms with van der Waals surface area (Å²) in [7, 11) is 0. The van der Waals surface area contributed by atoms with Gasteiger partial charge in [0.25, 0.3) is 0 Å². The number of aryl methyl sites for hydroxylation is 1. The average Bonchev–Trinajstić information content (AvgIpc) is 3.05. The van der Waals surface area contributed by atoms with Crippen LogP contribution in [0, 0.1) is 11.8 Å². The summed E-state index contributed by atoms with van der Waals surface area (Å²) in [4.78, 5) is 9.08. The molecular weight excluding hydrogens is 457 g/mol. The third-order valence-corrected chi connectivity index (χ3v) is 4.05. The van der Waals surface area contributed by atoms with E-state index in [2.05, 4.69) is 60.4 Å². The molecule has 0 fully saturated rings. The highest BCUT2D eigenvalue weighted by atomic mass is 127. The lowest BCUT2D eigenvalue weighted by Gasteiger charge is -2.17. The first-order valence-electron chi connectivity index (χ1n) is 9.91. The van der Waals surface area contributed by atoms with Crippen molar-refractivity contribution < 1.29 is 9.63 Å². The highest BCUT2D eigenvalue weighted by Crippen LogP contribution is 2.15. The molecule has 0 aromatic carbocycles. The summed E-state index contributed by atoms with van der Waals surface area (Å²) < 4.78 is 5.26. The molecule has 3 N–H and O–H groups in total. The Labute approximate surface area is 181 Å². The van der Waals surface area contributed by atoms with Gasteiger partial charge >= 0.3 is 0 Å². The van der Waals surface area contributed by atoms with Gasteiger partial charge in [-0.2, -0.15) is 4.98 Å². The van der Waals surface area contributed by atoms with Gasteiger partial charge in [0.15, 0.2) is 11.8 Å². The first-order valence-corrected chi connectivity index (χ1v) is 9.91. The molecule has 1 aromatic heterocycles. The van der Waals surface area contributed by atoms with Gasteiger partial charge in [-0.05, 0) is 38.0 Å². The van der Waals surface area contributed by atoms with Crippen molar-refractivity contribution in [3.05, 3.63) is 11.7 Å². The van der Waals surface area contributed by atoms with Crippen LogP contribution in [0.2, 0.25) is 0 Å². The van der Waals surface area contributed by atoms with Crippen LogP contribution in [0.25, 0.3) is 0 Å². The minimum atomic E-state index is 0. The Hall–Kier alpha value is -0.900. The molecule has 1 atom stereocenters. The molecular formula is C19H38IN5O2. The maximum Gasteiger partial charge on any atom is 0.226 e. The lowest BCUT2D eigenvalue weighted by molar-refractivity contribution is 0.245. The number of hydrogen-bond donors (Lipinski definition) is 3. The van der Waals surface area contributed by atoms with Crippen LogP contribution in [0.5, 0.6) is 0 Å². The van der Waals surface area contributed by atoms with Crippen molar-refractivity contribution in [3.63, 3.8) is 0 Å². The Bertz CT molecular complexity index is 520. The van der Waals surface area contributed by atoms with E-state index in [1.54, 1.807) is 0 Å². The molecule has 0 aliphatic heterocycles. The maximum absolute atomic E-state index is 9.24. The van der Waals surface area contributed by atoms with Crippen LogP contribution in [-0.4, -0.2) is 47.4 Å². The molecule has 1 rings (SSSR count). The Kier molecular flexibility index (Phi) is 14.6. The lowest BCUT2D eigenvalue weighted by atomic mass is 9.94. The largest absolute Gasteiger partial charge is 0.396 e. The average molecular weight is 495 g/mol. The van der Waals surface area contributed by atoms with Crippen molar-refractivity contribution >= 4 is 29.9 Å². The van der Waals surface area contributed by atoms with Gasteiger partial charge in [-0.3, -0.25) is 4.99 Å². The van der Waals surface area contributed by atoms with Crippen LogP contribution in [0.3, 0.4) is 0 Å². The number of aromatic nitrogens is 2. The number of nitrogens with zero attached hydrogens (tertiary/aromatic N) is 3. The van der Waals surface area contributed by atoms with E-state index in [0.717, 1.165) is 57.1 Å². The predicted octanol–water partition coefficient (Wildman–Crippen LogP) is 3.34. The van der Waals surface area contributed by atoms with Gasteiger partial charge in [0.05, 0.1) is 0 Å². The van der Waals surface area contributed by atoms with Gasteiger partial charge < -0.3 is 20.3 Å². The SMILES string of the molecule is CCNC(=NCC(CCO)CC(C)C)NCCCc1nc(C(C)C)no1.I. The third kappa shape index (κ3) is 11.5. The minimum absolute atomic E-state index is 0. The highest BCUT2D eigenvalue weighted by Gasteiger charge is 2.11. The molecule has 158 valence electrons. The third-order valence-electron chi connectivity index (χ3n) is 4.05. The fourth-order valence-electron chi connectivity index (χ4n) is 2.75. The van der Waals surface area contributed by atoms with E-state index in [1.807, 2.05) is 0 Å². The smallest absolute Gasteiger partial charge is 0.226 e. The van der Waals surface area contributed by atoms with Gasteiger partial charge in [0, 0.05) is 38.6 Å². The molecule has 27 heavy (non-hydrogen) atoms. The molecule has 0 bridgehead atoms. The summed E-state index contributed by atoms with van der Waals surface area (Å²) in [5, 5.41) is 19.9.